The van der Waals surface area contributed by atoms with Gasteiger partial charge in [-0.3, -0.25) is 8.37 Å². The van der Waals surface area contributed by atoms with Crippen LogP contribution in [-0.4, -0.2) is 44.3 Å². The van der Waals surface area contributed by atoms with Gasteiger partial charge in [-0.1, -0.05) is 129 Å². The van der Waals surface area contributed by atoms with Crippen LogP contribution in [0.15, 0.2) is 0 Å². The van der Waals surface area contributed by atoms with Crippen LogP contribution in [0.3, 0.4) is 0 Å². The van der Waals surface area contributed by atoms with E-state index >= 15 is 0 Å². The van der Waals surface area contributed by atoms with Crippen LogP contribution in [0.1, 0.15) is 142 Å². The van der Waals surface area contributed by atoms with Crippen LogP contribution in [0.4, 0.5) is 0 Å². The van der Waals surface area contributed by atoms with Crippen LogP contribution >= 0.6 is 0 Å². The molecule has 0 saturated heterocycles. The lowest BCUT2D eigenvalue weighted by atomic mass is 10.1. The first-order valence-electron chi connectivity index (χ1n) is 14.1. The molecule has 0 aromatic rings. The second-order valence-corrected chi connectivity index (χ2v) is 11.9. The molecule has 0 heterocycles. The normalized spacial score (nSPS) is 11.9. The van der Waals surface area contributed by atoms with Gasteiger partial charge in [0.2, 0.25) is 0 Å². The summed E-state index contributed by atoms with van der Waals surface area (Å²) in [5, 5.41) is 0. The molecule has 0 unspecified atom stereocenters. The van der Waals surface area contributed by atoms with E-state index < -0.39 is 20.8 Å². The molecule has 0 amide bonds. The number of rotatable bonds is 26. The third-order valence-electron chi connectivity index (χ3n) is 5.86. The first kappa shape index (κ1) is 37.9. The maximum atomic E-state index is 10.8. The Kier molecular flexibility index (Phi) is 29.2. The van der Waals surface area contributed by atoms with Gasteiger partial charge < -0.3 is 0 Å². The summed E-state index contributed by atoms with van der Waals surface area (Å²) in [5.74, 6) is 0. The first-order valence-corrected chi connectivity index (χ1v) is 16.8. The molecular weight excluding hydrogens is 504 g/mol. The third kappa shape index (κ3) is 31.8. The van der Waals surface area contributed by atoms with E-state index in [1.807, 2.05) is 0 Å². The highest BCUT2D eigenvalue weighted by molar-refractivity contribution is 7.82. The highest BCUT2D eigenvalue weighted by Gasteiger charge is 2.08. The maximum Gasteiger partial charge on any atom is 0.399 e. The van der Waals surface area contributed by atoms with Gasteiger partial charge in [0.1, 0.15) is 0 Å². The van der Waals surface area contributed by atoms with Gasteiger partial charge in [-0.2, -0.15) is 16.8 Å². The summed E-state index contributed by atoms with van der Waals surface area (Å²) in [7, 11) is -5.25. The fraction of sp³-hybridized carbons (Fsp3) is 1.00. The van der Waals surface area contributed by atoms with Crippen molar-refractivity contribution in [3.63, 3.8) is 0 Å². The van der Waals surface area contributed by atoms with Crippen molar-refractivity contribution < 1.29 is 33.6 Å². The van der Waals surface area contributed by atoms with E-state index in [4.69, 9.17) is 0 Å². The number of unbranched alkanes of at least 4 members (excludes halogenated alkanes) is 18. The molecule has 0 aliphatic heterocycles. The standard InChI is InChI=1S/2C13H28O4S/c2*1-3-4-5-6-7-8-9-10-11-12-13-17-18(14,15)16-2/h2*3-13H2,1-2H3. The lowest BCUT2D eigenvalue weighted by molar-refractivity contribution is 0.237. The van der Waals surface area contributed by atoms with Gasteiger partial charge >= 0.3 is 20.8 Å². The second-order valence-electron chi connectivity index (χ2n) is 9.16. The zero-order valence-electron chi connectivity index (χ0n) is 23.6. The summed E-state index contributed by atoms with van der Waals surface area (Å²) in [4.78, 5) is 0. The van der Waals surface area contributed by atoms with Crippen molar-refractivity contribution in [1.82, 2.24) is 0 Å². The summed E-state index contributed by atoms with van der Waals surface area (Å²) in [6, 6.07) is 0. The Morgan fingerprint density at radius 1 is 0.389 bits per heavy atom. The van der Waals surface area contributed by atoms with Crippen LogP contribution in [0, 0.1) is 0 Å². The lowest BCUT2D eigenvalue weighted by Crippen LogP contribution is -2.08. The molecule has 0 spiro atoms. The summed E-state index contributed by atoms with van der Waals surface area (Å²) in [6.07, 6.45) is 24.3. The van der Waals surface area contributed by atoms with E-state index in [1.54, 1.807) is 0 Å². The van der Waals surface area contributed by atoms with E-state index in [0.29, 0.717) is 0 Å². The summed E-state index contributed by atoms with van der Waals surface area (Å²) in [5.41, 5.74) is 0. The van der Waals surface area contributed by atoms with E-state index in [0.717, 1.165) is 52.7 Å². The number of hydrogen-bond donors (Lipinski definition) is 0. The Morgan fingerprint density at radius 2 is 0.611 bits per heavy atom. The Hall–Kier alpha value is -0.260. The molecule has 0 bridgehead atoms. The fourth-order valence-corrected chi connectivity index (χ4v) is 4.43. The van der Waals surface area contributed by atoms with Crippen molar-refractivity contribution in [3.05, 3.63) is 0 Å². The molecule has 0 aromatic heterocycles. The second kappa shape index (κ2) is 27.8. The van der Waals surface area contributed by atoms with Crippen molar-refractivity contribution in [3.8, 4) is 0 Å². The van der Waals surface area contributed by atoms with Crippen molar-refractivity contribution in [2.75, 3.05) is 27.4 Å². The predicted octanol–water partition coefficient (Wildman–Crippen LogP) is 7.63. The van der Waals surface area contributed by atoms with Gasteiger partial charge in [-0.15, -0.1) is 0 Å². The highest BCUT2D eigenvalue weighted by atomic mass is 32.3. The molecule has 0 saturated carbocycles. The largest absolute Gasteiger partial charge is 0.399 e. The van der Waals surface area contributed by atoms with Crippen LogP contribution in [-0.2, 0) is 37.5 Å². The van der Waals surface area contributed by atoms with Crippen LogP contribution in [0.25, 0.3) is 0 Å². The third-order valence-corrected chi connectivity index (χ3v) is 7.59. The maximum absolute atomic E-state index is 10.8. The molecule has 0 aromatic carbocycles. The Labute approximate surface area is 223 Å². The molecule has 0 aliphatic rings. The molecule has 0 aliphatic carbocycles. The van der Waals surface area contributed by atoms with Gasteiger partial charge in [0.25, 0.3) is 0 Å². The van der Waals surface area contributed by atoms with E-state index in [2.05, 4.69) is 30.6 Å². The SMILES string of the molecule is CCCCCCCCCCCCOS(=O)(=O)OC.CCCCCCCCCCCCOS(=O)(=O)OC. The zero-order chi connectivity index (χ0) is 27.4. The quantitative estimate of drug-likeness (QED) is 0.0994. The zero-order valence-corrected chi connectivity index (χ0v) is 25.3. The minimum atomic E-state index is -3.73. The van der Waals surface area contributed by atoms with Crippen LogP contribution in [0.5, 0.6) is 0 Å². The minimum absolute atomic E-state index is 0.229. The monoisotopic (exact) mass is 560 g/mol. The molecule has 0 fully saturated rings. The van der Waals surface area contributed by atoms with Crippen molar-refractivity contribution in [2.24, 2.45) is 0 Å². The van der Waals surface area contributed by atoms with Gasteiger partial charge in [0, 0.05) is 0 Å². The van der Waals surface area contributed by atoms with Gasteiger partial charge in [0.15, 0.2) is 0 Å². The minimum Gasteiger partial charge on any atom is -0.252 e. The lowest BCUT2D eigenvalue weighted by Gasteiger charge is -2.03. The molecule has 36 heavy (non-hydrogen) atoms. The van der Waals surface area contributed by atoms with Crippen LogP contribution < -0.4 is 0 Å². The predicted molar refractivity (Wildman–Crippen MR) is 147 cm³/mol. The van der Waals surface area contributed by atoms with Gasteiger partial charge in [-0.05, 0) is 12.8 Å². The Morgan fingerprint density at radius 3 is 0.833 bits per heavy atom. The molecule has 220 valence electrons. The van der Waals surface area contributed by atoms with Gasteiger partial charge in [0.05, 0.1) is 27.4 Å². The average Bonchev–Trinajstić information content (AvgIpc) is 2.86. The molecule has 0 atom stereocenters. The van der Waals surface area contributed by atoms with Gasteiger partial charge in [-0.25, -0.2) is 8.37 Å². The van der Waals surface area contributed by atoms with Crippen LogP contribution in [0.2, 0.25) is 0 Å². The molecule has 0 N–H and O–H groups in total. The summed E-state index contributed by atoms with van der Waals surface area (Å²) >= 11 is 0. The van der Waals surface area contributed by atoms with Crippen molar-refractivity contribution in [2.45, 2.75) is 142 Å². The Bertz CT molecular complexity index is 580. The smallest absolute Gasteiger partial charge is 0.252 e. The molecule has 0 radical (unpaired) electrons. The van der Waals surface area contributed by atoms with E-state index in [1.165, 1.54) is 89.9 Å². The highest BCUT2D eigenvalue weighted by Crippen LogP contribution is 2.12. The van der Waals surface area contributed by atoms with E-state index in [-0.39, 0.29) is 13.2 Å². The van der Waals surface area contributed by atoms with E-state index in [9.17, 15) is 16.8 Å². The molecular formula is C26H56O8S2. The summed E-state index contributed by atoms with van der Waals surface area (Å²) < 4.78 is 60.8. The average molecular weight is 561 g/mol. The topological polar surface area (TPSA) is 105 Å². The fourth-order valence-electron chi connectivity index (χ4n) is 3.60. The number of hydrogen-bond acceptors (Lipinski definition) is 8. The molecule has 10 heteroatoms. The molecule has 0 rings (SSSR count). The van der Waals surface area contributed by atoms with Crippen molar-refractivity contribution >= 4 is 20.8 Å². The summed E-state index contributed by atoms with van der Waals surface area (Å²) in [6.45, 7) is 4.91. The first-order chi connectivity index (χ1) is 17.2. The van der Waals surface area contributed by atoms with Crippen molar-refractivity contribution in [1.29, 1.82) is 0 Å². The Balaban J connectivity index is 0. The molecule has 8 nitrogen and oxygen atoms in total.